The molecule has 1 aliphatic heterocycles. The molecule has 1 saturated heterocycles. The molecule has 1 fully saturated rings. The summed E-state index contributed by atoms with van der Waals surface area (Å²) in [6, 6.07) is 3.75. The minimum Gasteiger partial charge on any atom is -0.338 e. The minimum absolute atomic E-state index is 0.0117. The number of hydrogen-bond acceptors (Lipinski definition) is 5. The van der Waals surface area contributed by atoms with Crippen molar-refractivity contribution in [3.8, 4) is 11.4 Å². The number of likely N-dealkylation sites (tertiary alicyclic amines) is 1. The van der Waals surface area contributed by atoms with E-state index in [1.165, 1.54) is 0 Å². The number of aromatic nitrogens is 6. The number of aromatic amines is 1. The molecule has 0 aliphatic carbocycles. The zero-order chi connectivity index (χ0) is 19.2. The highest BCUT2D eigenvalue weighted by molar-refractivity contribution is 5.74. The third-order valence-corrected chi connectivity index (χ3v) is 4.92. The summed E-state index contributed by atoms with van der Waals surface area (Å²) in [5.74, 6) is 1.83. The van der Waals surface area contributed by atoms with Crippen LogP contribution in [-0.2, 0) is 13.0 Å². The van der Waals surface area contributed by atoms with Gasteiger partial charge in [-0.15, -0.1) is 0 Å². The van der Waals surface area contributed by atoms with Crippen molar-refractivity contribution in [3.05, 3.63) is 49.1 Å². The van der Waals surface area contributed by atoms with Crippen molar-refractivity contribution in [1.82, 2.24) is 39.9 Å². The average Bonchev–Trinajstić information content (AvgIpc) is 3.41. The highest BCUT2D eigenvalue weighted by Gasteiger charge is 2.23. The monoisotopic (exact) mass is 380 g/mol. The van der Waals surface area contributed by atoms with Gasteiger partial charge in [-0.05, 0) is 30.9 Å². The lowest BCUT2D eigenvalue weighted by molar-refractivity contribution is 0.159. The average molecular weight is 380 g/mol. The number of hydrogen-bond donors (Lipinski definition) is 2. The molecule has 9 heteroatoms. The van der Waals surface area contributed by atoms with Crippen molar-refractivity contribution in [2.75, 3.05) is 19.6 Å². The van der Waals surface area contributed by atoms with Crippen molar-refractivity contribution < 1.29 is 4.79 Å². The zero-order valence-corrected chi connectivity index (χ0v) is 15.7. The fraction of sp³-hybridized carbons (Fsp3) is 0.421. The van der Waals surface area contributed by atoms with Gasteiger partial charge in [-0.2, -0.15) is 5.10 Å². The molecular weight excluding hydrogens is 356 g/mol. The Bertz CT molecular complexity index is 876. The van der Waals surface area contributed by atoms with Crippen LogP contribution in [0, 0.1) is 5.92 Å². The molecule has 1 unspecified atom stereocenters. The lowest BCUT2D eigenvalue weighted by Gasteiger charge is -2.32. The molecule has 4 heterocycles. The van der Waals surface area contributed by atoms with E-state index in [4.69, 9.17) is 0 Å². The third-order valence-electron chi connectivity index (χ3n) is 4.92. The molecule has 0 bridgehead atoms. The lowest BCUT2D eigenvalue weighted by atomic mass is 9.98. The molecule has 2 N–H and O–H groups in total. The Hall–Kier alpha value is -3.23. The number of H-pyrrole nitrogens is 1. The third kappa shape index (κ3) is 4.54. The van der Waals surface area contributed by atoms with Crippen molar-refractivity contribution >= 4 is 6.03 Å². The molecule has 0 aromatic carbocycles. The van der Waals surface area contributed by atoms with Crippen LogP contribution in [0.3, 0.4) is 0 Å². The van der Waals surface area contributed by atoms with Gasteiger partial charge in [-0.3, -0.25) is 10.1 Å². The van der Waals surface area contributed by atoms with Crippen LogP contribution in [0.5, 0.6) is 0 Å². The van der Waals surface area contributed by atoms with Gasteiger partial charge < -0.3 is 14.8 Å². The van der Waals surface area contributed by atoms with Gasteiger partial charge in [0, 0.05) is 63.0 Å². The lowest BCUT2D eigenvalue weighted by Crippen LogP contribution is -2.46. The highest BCUT2D eigenvalue weighted by Crippen LogP contribution is 2.18. The molecular formula is C19H24N8O. The maximum atomic E-state index is 12.5. The van der Waals surface area contributed by atoms with Gasteiger partial charge in [0.1, 0.15) is 5.82 Å². The Morgan fingerprint density at radius 1 is 1.32 bits per heavy atom. The molecule has 2 amide bonds. The van der Waals surface area contributed by atoms with Crippen LogP contribution in [0.15, 0.2) is 43.2 Å². The summed E-state index contributed by atoms with van der Waals surface area (Å²) in [5, 5.41) is 10.1. The molecule has 0 spiro atoms. The second-order valence-electron chi connectivity index (χ2n) is 7.04. The predicted molar refractivity (Wildman–Crippen MR) is 103 cm³/mol. The SMILES string of the molecule is O=C(NCCc1nc(-c2cccnc2)n[nH]1)N1CCCC(Cn2ccnc2)C1. The normalized spacial score (nSPS) is 16.9. The number of nitrogens with one attached hydrogen (secondary N) is 2. The molecule has 0 saturated carbocycles. The van der Waals surface area contributed by atoms with Gasteiger partial charge in [-0.25, -0.2) is 14.8 Å². The molecule has 28 heavy (non-hydrogen) atoms. The Balaban J connectivity index is 1.24. The van der Waals surface area contributed by atoms with Crippen molar-refractivity contribution in [1.29, 1.82) is 0 Å². The smallest absolute Gasteiger partial charge is 0.317 e. The maximum absolute atomic E-state index is 12.5. The molecule has 146 valence electrons. The fourth-order valence-corrected chi connectivity index (χ4v) is 3.52. The Morgan fingerprint density at radius 2 is 2.29 bits per heavy atom. The van der Waals surface area contributed by atoms with Crippen LogP contribution < -0.4 is 5.32 Å². The Labute approximate surface area is 163 Å². The second-order valence-corrected chi connectivity index (χ2v) is 7.04. The van der Waals surface area contributed by atoms with Crippen LogP contribution >= 0.6 is 0 Å². The number of amides is 2. The molecule has 1 aliphatic rings. The summed E-state index contributed by atoms with van der Waals surface area (Å²) in [6.07, 6.45) is 11.8. The molecule has 3 aromatic rings. The number of rotatable bonds is 6. The van der Waals surface area contributed by atoms with E-state index < -0.39 is 0 Å². The molecule has 0 radical (unpaired) electrons. The minimum atomic E-state index is -0.0117. The standard InChI is InChI=1S/C19H24N8O/c28-19(27-9-2-3-15(13-27)12-26-10-8-21-14-26)22-7-5-17-23-18(25-24-17)16-4-1-6-20-11-16/h1,4,6,8,10-11,14-15H,2-3,5,7,9,12-13H2,(H,22,28)(H,23,24,25). The van der Waals surface area contributed by atoms with E-state index in [2.05, 4.69) is 35.0 Å². The first kappa shape index (κ1) is 18.1. The van der Waals surface area contributed by atoms with Crippen molar-refractivity contribution in [2.24, 2.45) is 5.92 Å². The number of carbonyl (C=O) groups is 1. The summed E-state index contributed by atoms with van der Waals surface area (Å²) in [7, 11) is 0. The van der Waals surface area contributed by atoms with E-state index in [9.17, 15) is 4.79 Å². The number of urea groups is 1. The highest BCUT2D eigenvalue weighted by atomic mass is 16.2. The van der Waals surface area contributed by atoms with Crippen molar-refractivity contribution in [3.63, 3.8) is 0 Å². The van der Waals surface area contributed by atoms with Crippen molar-refractivity contribution in [2.45, 2.75) is 25.8 Å². The molecule has 4 rings (SSSR count). The van der Waals surface area contributed by atoms with E-state index in [0.717, 1.165) is 43.9 Å². The summed E-state index contributed by atoms with van der Waals surface area (Å²) < 4.78 is 2.08. The van der Waals surface area contributed by atoms with Crippen LogP contribution in [-0.4, -0.2) is 60.3 Å². The summed E-state index contributed by atoms with van der Waals surface area (Å²) in [4.78, 5) is 27.0. The number of imidazole rings is 1. The summed E-state index contributed by atoms with van der Waals surface area (Å²) in [6.45, 7) is 3.00. The van der Waals surface area contributed by atoms with Gasteiger partial charge in [0.15, 0.2) is 5.82 Å². The maximum Gasteiger partial charge on any atom is 0.317 e. The van der Waals surface area contributed by atoms with Gasteiger partial charge in [0.05, 0.1) is 6.33 Å². The van der Waals surface area contributed by atoms with E-state index in [1.807, 2.05) is 29.6 Å². The van der Waals surface area contributed by atoms with Gasteiger partial charge in [0.2, 0.25) is 0 Å². The summed E-state index contributed by atoms with van der Waals surface area (Å²) in [5.41, 5.74) is 0.867. The topological polar surface area (TPSA) is 105 Å². The summed E-state index contributed by atoms with van der Waals surface area (Å²) >= 11 is 0. The first-order chi connectivity index (χ1) is 13.8. The number of piperidine rings is 1. The first-order valence-electron chi connectivity index (χ1n) is 9.58. The van der Waals surface area contributed by atoms with Crippen LogP contribution in [0.2, 0.25) is 0 Å². The molecule has 9 nitrogen and oxygen atoms in total. The fourth-order valence-electron chi connectivity index (χ4n) is 3.52. The predicted octanol–water partition coefficient (Wildman–Crippen LogP) is 1.73. The van der Waals surface area contributed by atoms with Crippen LogP contribution in [0.1, 0.15) is 18.7 Å². The number of nitrogens with zero attached hydrogens (tertiary/aromatic N) is 6. The number of carbonyl (C=O) groups excluding carboxylic acids is 1. The van der Waals surface area contributed by atoms with E-state index in [-0.39, 0.29) is 6.03 Å². The largest absolute Gasteiger partial charge is 0.338 e. The Morgan fingerprint density at radius 3 is 3.11 bits per heavy atom. The Kier molecular flexibility index (Phi) is 5.60. The van der Waals surface area contributed by atoms with Gasteiger partial charge >= 0.3 is 6.03 Å². The molecule has 3 aromatic heterocycles. The second kappa shape index (κ2) is 8.64. The zero-order valence-electron chi connectivity index (χ0n) is 15.7. The van der Waals surface area contributed by atoms with E-state index in [1.54, 1.807) is 18.6 Å². The first-order valence-corrected chi connectivity index (χ1v) is 9.58. The van der Waals surface area contributed by atoms with Gasteiger partial charge in [-0.1, -0.05) is 0 Å². The van der Waals surface area contributed by atoms with Gasteiger partial charge in [0.25, 0.3) is 0 Å². The van der Waals surface area contributed by atoms with Crippen LogP contribution in [0.25, 0.3) is 11.4 Å². The quantitative estimate of drug-likeness (QED) is 0.678. The molecule has 1 atom stereocenters. The number of pyridine rings is 1. The van der Waals surface area contributed by atoms with E-state index >= 15 is 0 Å². The van der Waals surface area contributed by atoms with Crippen LogP contribution in [0.4, 0.5) is 4.79 Å². The van der Waals surface area contributed by atoms with E-state index in [0.29, 0.717) is 24.7 Å².